The summed E-state index contributed by atoms with van der Waals surface area (Å²) in [7, 11) is 1.63. The third kappa shape index (κ3) is 5.58. The first-order valence-corrected chi connectivity index (χ1v) is 8.38. The molecule has 24 heavy (non-hydrogen) atoms. The summed E-state index contributed by atoms with van der Waals surface area (Å²) in [6, 6.07) is 13.6. The average molecular weight is 346 g/mol. The van der Waals surface area contributed by atoms with Crippen LogP contribution in [0.1, 0.15) is 12.8 Å². The fraction of sp³-hybridized carbons (Fsp3) is 0.235. The summed E-state index contributed by atoms with van der Waals surface area (Å²) in [5.74, 6) is 1.56. The number of ether oxygens (including phenoxy) is 1. The summed E-state index contributed by atoms with van der Waals surface area (Å²) < 4.78 is 5.10. The predicted octanol–water partition coefficient (Wildman–Crippen LogP) is 4.11. The van der Waals surface area contributed by atoms with E-state index in [1.165, 1.54) is 24.3 Å². The van der Waals surface area contributed by atoms with Crippen molar-refractivity contribution in [1.29, 1.82) is 0 Å². The Morgan fingerprint density at radius 3 is 2.42 bits per heavy atom. The van der Waals surface area contributed by atoms with Gasteiger partial charge in [-0.05, 0) is 48.6 Å². The molecule has 1 N–H and O–H groups in total. The molecule has 0 aliphatic rings. The molecule has 0 aliphatic heterocycles. The van der Waals surface area contributed by atoms with Crippen molar-refractivity contribution in [2.75, 3.05) is 18.2 Å². The number of nitrogens with zero attached hydrogens (tertiary/aromatic N) is 1. The van der Waals surface area contributed by atoms with Gasteiger partial charge in [-0.1, -0.05) is 0 Å². The van der Waals surface area contributed by atoms with Crippen LogP contribution in [0.15, 0.2) is 53.4 Å². The number of anilines is 1. The number of hydrogen-bond donors (Lipinski definition) is 1. The Morgan fingerprint density at radius 1 is 1.17 bits per heavy atom. The predicted molar refractivity (Wildman–Crippen MR) is 94.7 cm³/mol. The highest BCUT2D eigenvalue weighted by atomic mass is 32.2. The van der Waals surface area contributed by atoms with Gasteiger partial charge in [-0.3, -0.25) is 14.9 Å². The van der Waals surface area contributed by atoms with Crippen molar-refractivity contribution in [2.24, 2.45) is 0 Å². The molecule has 2 aromatic carbocycles. The number of thioether (sulfide) groups is 1. The van der Waals surface area contributed by atoms with Crippen LogP contribution in [0, 0.1) is 10.1 Å². The Bertz CT molecular complexity index is 687. The van der Waals surface area contributed by atoms with E-state index in [2.05, 4.69) is 5.32 Å². The van der Waals surface area contributed by atoms with Gasteiger partial charge in [0.05, 0.1) is 12.0 Å². The molecule has 1 amide bonds. The van der Waals surface area contributed by atoms with E-state index in [0.29, 0.717) is 12.1 Å². The summed E-state index contributed by atoms with van der Waals surface area (Å²) in [6.07, 6.45) is 1.15. The molecule has 0 atom stereocenters. The smallest absolute Gasteiger partial charge is 0.269 e. The first-order chi connectivity index (χ1) is 11.6. The van der Waals surface area contributed by atoms with Crippen LogP contribution < -0.4 is 10.1 Å². The second kappa shape index (κ2) is 8.93. The SMILES string of the molecule is COc1ccc(SCCCC(=O)Nc2ccc([N+](=O)[O-])cc2)cc1. The minimum absolute atomic E-state index is 0.00360. The largest absolute Gasteiger partial charge is 0.497 e. The first-order valence-electron chi connectivity index (χ1n) is 7.39. The van der Waals surface area contributed by atoms with Crippen molar-refractivity contribution < 1.29 is 14.5 Å². The van der Waals surface area contributed by atoms with Gasteiger partial charge in [0.1, 0.15) is 5.75 Å². The van der Waals surface area contributed by atoms with Crippen molar-refractivity contribution in [3.63, 3.8) is 0 Å². The normalized spacial score (nSPS) is 10.2. The molecule has 0 unspecified atom stereocenters. The highest BCUT2D eigenvalue weighted by Gasteiger charge is 2.06. The molecule has 0 fully saturated rings. The quantitative estimate of drug-likeness (QED) is 0.337. The summed E-state index contributed by atoms with van der Waals surface area (Å²) in [6.45, 7) is 0. The molecule has 0 saturated carbocycles. The lowest BCUT2D eigenvalue weighted by Crippen LogP contribution is -2.11. The van der Waals surface area contributed by atoms with Crippen LogP contribution in [-0.4, -0.2) is 23.7 Å². The molecule has 0 radical (unpaired) electrons. The lowest BCUT2D eigenvalue weighted by Gasteiger charge is -2.05. The molecule has 0 saturated heterocycles. The van der Waals surface area contributed by atoms with Crippen LogP contribution in [0.3, 0.4) is 0 Å². The molecule has 0 heterocycles. The van der Waals surface area contributed by atoms with Gasteiger partial charge >= 0.3 is 0 Å². The number of methoxy groups -OCH3 is 1. The number of rotatable bonds is 8. The molecule has 0 spiro atoms. The Hall–Kier alpha value is -2.54. The van der Waals surface area contributed by atoms with Crippen LogP contribution in [-0.2, 0) is 4.79 Å². The lowest BCUT2D eigenvalue weighted by atomic mass is 10.2. The molecule has 0 bridgehead atoms. The second-order valence-corrected chi connectivity index (χ2v) is 6.15. The van der Waals surface area contributed by atoms with Gasteiger partial charge in [-0.25, -0.2) is 0 Å². The molecule has 126 valence electrons. The minimum atomic E-state index is -0.470. The fourth-order valence-corrected chi connectivity index (χ4v) is 2.84. The van der Waals surface area contributed by atoms with Crippen LogP contribution in [0.2, 0.25) is 0 Å². The van der Waals surface area contributed by atoms with Gasteiger partial charge in [-0.2, -0.15) is 0 Å². The van der Waals surface area contributed by atoms with Gasteiger partial charge in [0, 0.05) is 29.1 Å². The molecule has 7 heteroatoms. The van der Waals surface area contributed by atoms with E-state index in [1.54, 1.807) is 18.9 Å². The van der Waals surface area contributed by atoms with Gasteiger partial charge < -0.3 is 10.1 Å². The maximum absolute atomic E-state index is 11.9. The van der Waals surface area contributed by atoms with Crippen LogP contribution in [0.5, 0.6) is 5.75 Å². The van der Waals surface area contributed by atoms with E-state index >= 15 is 0 Å². The molecular formula is C17H18N2O4S. The number of carbonyl (C=O) groups excluding carboxylic acids is 1. The van der Waals surface area contributed by atoms with Crippen molar-refractivity contribution >= 4 is 29.0 Å². The molecule has 0 aliphatic carbocycles. The van der Waals surface area contributed by atoms with Gasteiger partial charge in [0.25, 0.3) is 5.69 Å². The van der Waals surface area contributed by atoms with E-state index in [-0.39, 0.29) is 11.6 Å². The van der Waals surface area contributed by atoms with Crippen molar-refractivity contribution in [1.82, 2.24) is 0 Å². The van der Waals surface area contributed by atoms with E-state index in [9.17, 15) is 14.9 Å². The summed E-state index contributed by atoms with van der Waals surface area (Å²) in [5, 5.41) is 13.3. The zero-order valence-electron chi connectivity index (χ0n) is 13.2. The number of carbonyl (C=O) groups is 1. The van der Waals surface area contributed by atoms with E-state index in [4.69, 9.17) is 4.74 Å². The van der Waals surface area contributed by atoms with Gasteiger partial charge in [0.15, 0.2) is 0 Å². The van der Waals surface area contributed by atoms with Crippen LogP contribution in [0.25, 0.3) is 0 Å². The number of non-ortho nitro benzene ring substituents is 1. The molecule has 6 nitrogen and oxygen atoms in total. The van der Waals surface area contributed by atoms with E-state index < -0.39 is 4.92 Å². The van der Waals surface area contributed by atoms with Crippen LogP contribution in [0.4, 0.5) is 11.4 Å². The van der Waals surface area contributed by atoms with Crippen molar-refractivity contribution in [3.8, 4) is 5.75 Å². The summed E-state index contributed by atoms with van der Waals surface area (Å²) in [4.78, 5) is 23.1. The highest BCUT2D eigenvalue weighted by Crippen LogP contribution is 2.22. The Balaban J connectivity index is 1.69. The Kier molecular flexibility index (Phi) is 6.62. The first kappa shape index (κ1) is 17.8. The van der Waals surface area contributed by atoms with Gasteiger partial charge in [-0.15, -0.1) is 11.8 Å². The number of nitrogens with one attached hydrogen (secondary N) is 1. The third-order valence-electron chi connectivity index (χ3n) is 3.24. The molecule has 0 aromatic heterocycles. The topological polar surface area (TPSA) is 81.5 Å². The second-order valence-electron chi connectivity index (χ2n) is 4.98. The van der Waals surface area contributed by atoms with E-state index in [0.717, 1.165) is 22.8 Å². The van der Waals surface area contributed by atoms with E-state index in [1.807, 2.05) is 24.3 Å². The standard InChI is InChI=1S/C17H18N2O4S/c1-23-15-8-10-16(11-9-15)24-12-2-3-17(20)18-13-4-6-14(7-5-13)19(21)22/h4-11H,2-3,12H2,1H3,(H,18,20). The Morgan fingerprint density at radius 2 is 1.83 bits per heavy atom. The minimum Gasteiger partial charge on any atom is -0.497 e. The molecule has 2 rings (SSSR count). The number of benzene rings is 2. The van der Waals surface area contributed by atoms with Crippen LogP contribution >= 0.6 is 11.8 Å². The van der Waals surface area contributed by atoms with Crippen molar-refractivity contribution in [3.05, 3.63) is 58.6 Å². The average Bonchev–Trinajstić information content (AvgIpc) is 2.59. The number of nitro benzene ring substituents is 1. The summed E-state index contributed by atoms with van der Waals surface area (Å²) in [5.41, 5.74) is 0.567. The number of nitro groups is 1. The fourth-order valence-electron chi connectivity index (χ4n) is 1.98. The highest BCUT2D eigenvalue weighted by molar-refractivity contribution is 7.99. The zero-order chi connectivity index (χ0) is 17.4. The van der Waals surface area contributed by atoms with Crippen molar-refractivity contribution in [2.45, 2.75) is 17.7 Å². The number of hydrogen-bond acceptors (Lipinski definition) is 5. The zero-order valence-corrected chi connectivity index (χ0v) is 14.0. The lowest BCUT2D eigenvalue weighted by molar-refractivity contribution is -0.384. The summed E-state index contributed by atoms with van der Waals surface area (Å²) >= 11 is 1.68. The van der Waals surface area contributed by atoms with Gasteiger partial charge in [0.2, 0.25) is 5.91 Å². The number of amides is 1. The molecular weight excluding hydrogens is 328 g/mol. The maximum Gasteiger partial charge on any atom is 0.269 e. The maximum atomic E-state index is 11.9. The third-order valence-corrected chi connectivity index (χ3v) is 4.34. The monoisotopic (exact) mass is 346 g/mol. The Labute approximate surface area is 144 Å². The molecule has 2 aromatic rings.